The van der Waals surface area contributed by atoms with Gasteiger partial charge in [-0.2, -0.15) is 0 Å². The van der Waals surface area contributed by atoms with Crippen molar-refractivity contribution in [3.63, 3.8) is 0 Å². The Morgan fingerprint density at radius 1 is 1.25 bits per heavy atom. The Balaban J connectivity index is 2.41. The fourth-order valence-electron chi connectivity index (χ4n) is 3.26. The topological polar surface area (TPSA) is 12.0 Å². The average molecular weight is 273 g/mol. The number of rotatable bonds is 4. The number of nitrogens with one attached hydrogen (secondary N) is 1. The molecule has 1 N–H and O–H groups in total. The number of hydrogen-bond acceptors (Lipinski definition) is 1. The van der Waals surface area contributed by atoms with Gasteiger partial charge in [-0.3, -0.25) is 0 Å². The average Bonchev–Trinajstić information content (AvgIpc) is 2.59. The lowest BCUT2D eigenvalue weighted by molar-refractivity contribution is 0.414. The third kappa shape index (κ3) is 3.25. The number of fused-ring (bicyclic) bond motifs is 1. The van der Waals surface area contributed by atoms with E-state index in [1.54, 1.807) is 11.1 Å². The van der Waals surface area contributed by atoms with Crippen LogP contribution in [-0.2, 0) is 11.8 Å². The number of hydrogen-bond donors (Lipinski definition) is 1. The summed E-state index contributed by atoms with van der Waals surface area (Å²) >= 11 is 0. The van der Waals surface area contributed by atoms with Crippen LogP contribution in [0.15, 0.2) is 18.2 Å². The Morgan fingerprint density at radius 2 is 2.00 bits per heavy atom. The summed E-state index contributed by atoms with van der Waals surface area (Å²) in [6, 6.07) is 7.79. The van der Waals surface area contributed by atoms with Crippen LogP contribution in [0.25, 0.3) is 0 Å². The molecule has 0 saturated carbocycles. The molecular weight excluding hydrogens is 242 g/mol. The Kier molecular flexibility index (Phi) is 4.90. The summed E-state index contributed by atoms with van der Waals surface area (Å²) in [5.41, 5.74) is 4.91. The molecule has 1 heteroatoms. The van der Waals surface area contributed by atoms with Gasteiger partial charge in [0.05, 0.1) is 0 Å². The quantitative estimate of drug-likeness (QED) is 0.761. The van der Waals surface area contributed by atoms with Crippen molar-refractivity contribution in [3.8, 4) is 0 Å². The summed E-state index contributed by atoms with van der Waals surface area (Å²) in [6.07, 6.45) is 5.03. The lowest BCUT2D eigenvalue weighted by Gasteiger charge is -2.27. The second kappa shape index (κ2) is 6.30. The summed E-state index contributed by atoms with van der Waals surface area (Å²) < 4.78 is 0. The predicted molar refractivity (Wildman–Crippen MR) is 88.3 cm³/mol. The van der Waals surface area contributed by atoms with Crippen molar-refractivity contribution in [2.24, 2.45) is 5.92 Å². The highest BCUT2D eigenvalue weighted by Gasteiger charge is 2.25. The molecule has 0 fully saturated rings. The Morgan fingerprint density at radius 3 is 2.65 bits per heavy atom. The molecule has 1 aromatic carbocycles. The van der Waals surface area contributed by atoms with E-state index < -0.39 is 0 Å². The molecule has 0 aromatic heterocycles. The molecule has 112 valence electrons. The van der Waals surface area contributed by atoms with Crippen molar-refractivity contribution in [1.29, 1.82) is 0 Å². The highest BCUT2D eigenvalue weighted by Crippen LogP contribution is 2.35. The summed E-state index contributed by atoms with van der Waals surface area (Å²) in [6.45, 7) is 12.7. The van der Waals surface area contributed by atoms with Crippen LogP contribution in [-0.4, -0.2) is 6.54 Å². The molecule has 20 heavy (non-hydrogen) atoms. The second-order valence-electron chi connectivity index (χ2n) is 7.14. The van der Waals surface area contributed by atoms with Crippen molar-refractivity contribution >= 4 is 0 Å². The molecule has 1 aromatic rings. The molecule has 2 atom stereocenters. The fourth-order valence-corrected chi connectivity index (χ4v) is 3.26. The van der Waals surface area contributed by atoms with Gasteiger partial charge in [0.25, 0.3) is 0 Å². The van der Waals surface area contributed by atoms with Crippen molar-refractivity contribution in [2.75, 3.05) is 6.54 Å². The molecule has 1 aliphatic rings. The molecule has 0 spiro atoms. The molecule has 2 unspecified atom stereocenters. The molecule has 2 rings (SSSR count). The van der Waals surface area contributed by atoms with E-state index in [-0.39, 0.29) is 5.41 Å². The smallest absolute Gasteiger partial charge is 0.0325 e. The highest BCUT2D eigenvalue weighted by molar-refractivity contribution is 5.38. The first-order chi connectivity index (χ1) is 9.47. The van der Waals surface area contributed by atoms with Gasteiger partial charge >= 0.3 is 0 Å². The van der Waals surface area contributed by atoms with Crippen LogP contribution in [0.2, 0.25) is 0 Å². The zero-order valence-electron chi connectivity index (χ0n) is 13.9. The maximum Gasteiger partial charge on any atom is 0.0325 e. The molecule has 0 bridgehead atoms. The maximum absolute atomic E-state index is 3.71. The SMILES string of the molecule is CCNC1CC(C)CCc2ccc(C(C)(C)CC)cc21. The monoisotopic (exact) mass is 273 g/mol. The molecular formula is C19H31N. The van der Waals surface area contributed by atoms with E-state index in [9.17, 15) is 0 Å². The lowest BCUT2D eigenvalue weighted by atomic mass is 9.80. The molecule has 1 nitrogen and oxygen atoms in total. The molecule has 0 amide bonds. The number of aryl methyl sites for hydroxylation is 1. The van der Waals surface area contributed by atoms with Crippen LogP contribution in [0.5, 0.6) is 0 Å². The highest BCUT2D eigenvalue weighted by atomic mass is 14.9. The van der Waals surface area contributed by atoms with Gasteiger partial charge in [0.15, 0.2) is 0 Å². The van der Waals surface area contributed by atoms with E-state index in [2.05, 4.69) is 58.1 Å². The number of benzene rings is 1. The van der Waals surface area contributed by atoms with E-state index in [1.807, 2.05) is 0 Å². The van der Waals surface area contributed by atoms with Gasteiger partial charge < -0.3 is 5.32 Å². The standard InChI is InChI=1S/C19H31N/c1-6-19(4,5)16-11-10-15-9-8-14(3)12-18(20-7-2)17(15)13-16/h10-11,13-14,18,20H,6-9,12H2,1-5H3. The van der Waals surface area contributed by atoms with E-state index in [4.69, 9.17) is 0 Å². The normalized spacial score (nSPS) is 23.2. The Labute approximate surface area is 125 Å². The first-order valence-corrected chi connectivity index (χ1v) is 8.34. The maximum atomic E-state index is 3.71. The van der Waals surface area contributed by atoms with Gasteiger partial charge in [0, 0.05) is 6.04 Å². The van der Waals surface area contributed by atoms with Gasteiger partial charge in [0.2, 0.25) is 0 Å². The van der Waals surface area contributed by atoms with Crippen LogP contribution in [0.1, 0.15) is 76.6 Å². The van der Waals surface area contributed by atoms with Gasteiger partial charge in [-0.1, -0.05) is 52.8 Å². The van der Waals surface area contributed by atoms with Gasteiger partial charge in [0.1, 0.15) is 0 Å². The van der Waals surface area contributed by atoms with Crippen LogP contribution in [0.3, 0.4) is 0 Å². The first-order valence-electron chi connectivity index (χ1n) is 8.34. The minimum absolute atomic E-state index is 0.281. The van der Waals surface area contributed by atoms with Crippen molar-refractivity contribution in [1.82, 2.24) is 5.32 Å². The van der Waals surface area contributed by atoms with Gasteiger partial charge in [-0.05, 0) is 60.3 Å². The Hall–Kier alpha value is -0.820. The molecule has 0 aliphatic heterocycles. The summed E-state index contributed by atoms with van der Waals surface area (Å²) in [5.74, 6) is 0.814. The van der Waals surface area contributed by atoms with E-state index in [1.165, 1.54) is 31.2 Å². The molecule has 1 aliphatic carbocycles. The molecule has 0 heterocycles. The van der Waals surface area contributed by atoms with Gasteiger partial charge in [-0.25, -0.2) is 0 Å². The third-order valence-corrected chi connectivity index (χ3v) is 5.18. The van der Waals surface area contributed by atoms with Crippen LogP contribution < -0.4 is 5.32 Å². The van der Waals surface area contributed by atoms with Crippen molar-refractivity contribution in [2.45, 2.75) is 71.8 Å². The summed E-state index contributed by atoms with van der Waals surface area (Å²) in [5, 5.41) is 3.71. The van der Waals surface area contributed by atoms with Crippen LogP contribution >= 0.6 is 0 Å². The summed E-state index contributed by atoms with van der Waals surface area (Å²) in [4.78, 5) is 0. The summed E-state index contributed by atoms with van der Waals surface area (Å²) in [7, 11) is 0. The minimum Gasteiger partial charge on any atom is -0.310 e. The first kappa shape index (κ1) is 15.6. The second-order valence-corrected chi connectivity index (χ2v) is 7.14. The van der Waals surface area contributed by atoms with Gasteiger partial charge in [-0.15, -0.1) is 0 Å². The zero-order valence-corrected chi connectivity index (χ0v) is 13.9. The van der Waals surface area contributed by atoms with Crippen LogP contribution in [0.4, 0.5) is 0 Å². The lowest BCUT2D eigenvalue weighted by Crippen LogP contribution is -2.23. The van der Waals surface area contributed by atoms with E-state index >= 15 is 0 Å². The zero-order chi connectivity index (χ0) is 14.8. The third-order valence-electron chi connectivity index (χ3n) is 5.18. The van der Waals surface area contributed by atoms with Crippen molar-refractivity contribution in [3.05, 3.63) is 34.9 Å². The van der Waals surface area contributed by atoms with Crippen LogP contribution in [0, 0.1) is 5.92 Å². The van der Waals surface area contributed by atoms with E-state index in [0.29, 0.717) is 6.04 Å². The molecule has 0 radical (unpaired) electrons. The van der Waals surface area contributed by atoms with Crippen molar-refractivity contribution < 1.29 is 0 Å². The largest absolute Gasteiger partial charge is 0.310 e. The minimum atomic E-state index is 0.281. The Bertz CT molecular complexity index is 447. The molecule has 0 saturated heterocycles. The fraction of sp³-hybridized carbons (Fsp3) is 0.684. The predicted octanol–water partition coefficient (Wildman–Crippen LogP) is 5.00. The van der Waals surface area contributed by atoms with E-state index in [0.717, 1.165) is 12.5 Å².